The molecule has 7 nitrogen and oxygen atoms in total. The lowest BCUT2D eigenvalue weighted by atomic mass is 10.1. The number of hydrogen-bond acceptors (Lipinski definition) is 5. The fourth-order valence-corrected chi connectivity index (χ4v) is 4.48. The summed E-state index contributed by atoms with van der Waals surface area (Å²) in [6.07, 6.45) is -1.75. The molecule has 158 valence electrons. The largest absolute Gasteiger partial charge is 0.393 e. The minimum absolute atomic E-state index is 0.0366. The summed E-state index contributed by atoms with van der Waals surface area (Å²) in [5.74, 6) is 0.0517. The summed E-state index contributed by atoms with van der Waals surface area (Å²) in [6.45, 7) is 1.71. The van der Waals surface area contributed by atoms with E-state index in [1.54, 1.807) is 40.3 Å². The summed E-state index contributed by atoms with van der Waals surface area (Å²) >= 11 is 0. The normalized spacial score (nSPS) is 23.0. The summed E-state index contributed by atoms with van der Waals surface area (Å²) in [5.41, 5.74) is 0.829. The molecule has 0 spiro atoms. The zero-order valence-corrected chi connectivity index (χ0v) is 16.1. The Morgan fingerprint density at radius 3 is 2.63 bits per heavy atom. The Hall–Kier alpha value is -3.04. The number of hydrogen-bond donors (Lipinski definition) is 1. The topological polar surface area (TPSA) is 64.6 Å². The molecule has 2 saturated heterocycles. The van der Waals surface area contributed by atoms with Crippen molar-refractivity contribution in [2.45, 2.75) is 25.1 Å². The lowest BCUT2D eigenvalue weighted by Crippen LogP contribution is -2.48. The van der Waals surface area contributed by atoms with Gasteiger partial charge in [0.05, 0.1) is 17.6 Å². The SMILES string of the molecule is O=C(Nc1ccccn1)N1c2nc(N3CC[C@@H](C(F)(F)F)C3)ccc2N2CCC1C2. The molecule has 1 unspecified atom stereocenters. The van der Waals surface area contributed by atoms with Crippen molar-refractivity contribution in [1.82, 2.24) is 9.97 Å². The van der Waals surface area contributed by atoms with Crippen LogP contribution in [0.5, 0.6) is 0 Å². The van der Waals surface area contributed by atoms with Crippen LogP contribution in [0.1, 0.15) is 12.8 Å². The van der Waals surface area contributed by atoms with Gasteiger partial charge in [0.25, 0.3) is 0 Å². The van der Waals surface area contributed by atoms with Crippen molar-refractivity contribution in [2.75, 3.05) is 46.2 Å². The standard InChI is InChI=1S/C20H21F3N6O/c21-20(22,23)13-6-9-28(11-13)17-5-4-15-18(26-17)29(14-7-10-27(15)12-14)19(30)25-16-3-1-2-8-24-16/h1-5,8,13-14H,6-7,9-12H2,(H,24,25,30)/t13-,14?/m1/s1. The molecule has 2 aromatic heterocycles. The molecule has 2 amide bonds. The third-order valence-corrected chi connectivity index (χ3v) is 6.03. The molecule has 5 heterocycles. The number of fused-ring (bicyclic) bond motifs is 4. The molecule has 10 heteroatoms. The predicted octanol–water partition coefficient (Wildman–Crippen LogP) is 3.50. The van der Waals surface area contributed by atoms with Gasteiger partial charge in [-0.2, -0.15) is 13.2 Å². The molecular formula is C20H21F3N6O. The molecule has 2 bridgehead atoms. The molecule has 0 aliphatic carbocycles. The number of aromatic nitrogens is 2. The number of amides is 2. The molecule has 5 rings (SSSR count). The lowest BCUT2D eigenvalue weighted by Gasteiger charge is -2.36. The van der Waals surface area contributed by atoms with Crippen molar-refractivity contribution >= 4 is 29.2 Å². The highest BCUT2D eigenvalue weighted by molar-refractivity contribution is 6.04. The molecule has 0 radical (unpaired) electrons. The van der Waals surface area contributed by atoms with E-state index in [1.807, 2.05) is 6.07 Å². The number of pyridine rings is 2. The van der Waals surface area contributed by atoms with Crippen molar-refractivity contribution < 1.29 is 18.0 Å². The number of halogens is 3. The van der Waals surface area contributed by atoms with Crippen molar-refractivity contribution in [3.8, 4) is 0 Å². The molecule has 0 saturated carbocycles. The first-order valence-corrected chi connectivity index (χ1v) is 9.99. The van der Waals surface area contributed by atoms with Gasteiger partial charge in [0, 0.05) is 32.4 Å². The van der Waals surface area contributed by atoms with Gasteiger partial charge in [-0.3, -0.25) is 10.2 Å². The van der Waals surface area contributed by atoms with Crippen LogP contribution < -0.4 is 20.0 Å². The Morgan fingerprint density at radius 1 is 1.07 bits per heavy atom. The number of urea groups is 1. The zero-order valence-electron chi connectivity index (χ0n) is 16.1. The van der Waals surface area contributed by atoms with Crippen LogP contribution in [0.15, 0.2) is 36.5 Å². The third-order valence-electron chi connectivity index (χ3n) is 6.03. The second kappa shape index (κ2) is 7.03. The van der Waals surface area contributed by atoms with E-state index < -0.39 is 12.1 Å². The Balaban J connectivity index is 1.44. The summed E-state index contributed by atoms with van der Waals surface area (Å²) < 4.78 is 39.3. The van der Waals surface area contributed by atoms with Gasteiger partial charge in [-0.1, -0.05) is 6.07 Å². The number of rotatable bonds is 2. The van der Waals surface area contributed by atoms with Crippen molar-refractivity contribution in [3.63, 3.8) is 0 Å². The van der Waals surface area contributed by atoms with E-state index in [4.69, 9.17) is 0 Å². The maximum Gasteiger partial charge on any atom is 0.393 e. The fourth-order valence-electron chi connectivity index (χ4n) is 4.48. The zero-order chi connectivity index (χ0) is 20.9. The summed E-state index contributed by atoms with van der Waals surface area (Å²) in [6, 6.07) is 8.50. The van der Waals surface area contributed by atoms with Crippen LogP contribution in [0, 0.1) is 5.92 Å². The van der Waals surface area contributed by atoms with Gasteiger partial charge in [0.2, 0.25) is 0 Å². The molecule has 30 heavy (non-hydrogen) atoms. The number of nitrogens with zero attached hydrogens (tertiary/aromatic N) is 5. The van der Waals surface area contributed by atoms with Crippen molar-refractivity contribution in [1.29, 1.82) is 0 Å². The number of carbonyl (C=O) groups excluding carboxylic acids is 1. The first-order chi connectivity index (χ1) is 14.4. The second-order valence-corrected chi connectivity index (χ2v) is 7.89. The van der Waals surface area contributed by atoms with E-state index in [1.165, 1.54) is 0 Å². The first kappa shape index (κ1) is 19.0. The maximum absolute atomic E-state index is 13.1. The van der Waals surface area contributed by atoms with Gasteiger partial charge in [-0.05, 0) is 37.1 Å². The van der Waals surface area contributed by atoms with Crippen molar-refractivity contribution in [2.24, 2.45) is 5.92 Å². The van der Waals surface area contributed by atoms with Gasteiger partial charge in [-0.15, -0.1) is 0 Å². The number of nitrogens with one attached hydrogen (secondary N) is 1. The van der Waals surface area contributed by atoms with E-state index >= 15 is 0 Å². The van der Waals surface area contributed by atoms with Crippen LogP contribution in [-0.2, 0) is 0 Å². The van der Waals surface area contributed by atoms with Gasteiger partial charge in [0.15, 0.2) is 5.82 Å². The average molecular weight is 418 g/mol. The van der Waals surface area contributed by atoms with E-state index in [0.29, 0.717) is 30.5 Å². The molecular weight excluding hydrogens is 397 g/mol. The van der Waals surface area contributed by atoms with Crippen LogP contribution in [0.3, 0.4) is 0 Å². The Morgan fingerprint density at radius 2 is 1.90 bits per heavy atom. The summed E-state index contributed by atoms with van der Waals surface area (Å²) in [7, 11) is 0. The van der Waals surface area contributed by atoms with Gasteiger partial charge in [0.1, 0.15) is 11.6 Å². The number of alkyl halides is 3. The van der Waals surface area contributed by atoms with E-state index in [0.717, 1.165) is 18.7 Å². The van der Waals surface area contributed by atoms with Crippen LogP contribution >= 0.6 is 0 Å². The highest BCUT2D eigenvalue weighted by Gasteiger charge is 2.45. The Kier molecular flexibility index (Phi) is 4.44. The van der Waals surface area contributed by atoms with Crippen molar-refractivity contribution in [3.05, 3.63) is 36.5 Å². The smallest absolute Gasteiger partial charge is 0.366 e. The first-order valence-electron chi connectivity index (χ1n) is 9.99. The van der Waals surface area contributed by atoms with E-state index in [2.05, 4.69) is 20.2 Å². The molecule has 2 aromatic rings. The van der Waals surface area contributed by atoms with E-state index in [9.17, 15) is 18.0 Å². The minimum atomic E-state index is -4.21. The van der Waals surface area contributed by atoms with E-state index in [-0.39, 0.29) is 25.0 Å². The second-order valence-electron chi connectivity index (χ2n) is 7.89. The highest BCUT2D eigenvalue weighted by atomic mass is 19.4. The third kappa shape index (κ3) is 3.29. The lowest BCUT2D eigenvalue weighted by molar-refractivity contribution is -0.168. The molecule has 2 atom stereocenters. The predicted molar refractivity (Wildman–Crippen MR) is 107 cm³/mol. The molecule has 1 N–H and O–H groups in total. The number of anilines is 4. The Bertz CT molecular complexity index is 953. The fraction of sp³-hybridized carbons (Fsp3) is 0.450. The minimum Gasteiger partial charge on any atom is -0.366 e. The van der Waals surface area contributed by atoms with Crippen LogP contribution in [0.25, 0.3) is 0 Å². The average Bonchev–Trinajstić information content (AvgIpc) is 3.37. The monoisotopic (exact) mass is 418 g/mol. The highest BCUT2D eigenvalue weighted by Crippen LogP contribution is 2.41. The van der Waals surface area contributed by atoms with Crippen LogP contribution in [0.4, 0.5) is 41.1 Å². The molecule has 3 aliphatic heterocycles. The molecule has 2 fully saturated rings. The van der Waals surface area contributed by atoms with Crippen LogP contribution in [0.2, 0.25) is 0 Å². The van der Waals surface area contributed by atoms with Gasteiger partial charge in [-0.25, -0.2) is 14.8 Å². The van der Waals surface area contributed by atoms with Gasteiger partial charge < -0.3 is 9.80 Å². The molecule has 3 aliphatic rings. The van der Waals surface area contributed by atoms with Gasteiger partial charge >= 0.3 is 12.2 Å². The van der Waals surface area contributed by atoms with Crippen LogP contribution in [-0.4, -0.2) is 54.4 Å². The Labute approximate surface area is 171 Å². The quantitative estimate of drug-likeness (QED) is 0.809. The summed E-state index contributed by atoms with van der Waals surface area (Å²) in [5, 5.41) is 2.81. The summed E-state index contributed by atoms with van der Waals surface area (Å²) in [4.78, 5) is 27.3. The molecule has 0 aromatic carbocycles. The maximum atomic E-state index is 13.1. The number of carbonyl (C=O) groups is 1.